The van der Waals surface area contributed by atoms with E-state index in [9.17, 15) is 51.3 Å². The average molecular weight is 579 g/mol. The van der Waals surface area contributed by atoms with Crippen molar-refractivity contribution in [2.24, 2.45) is 0 Å². The zero-order valence-corrected chi connectivity index (χ0v) is 21.5. The molecule has 4 N–H and O–H groups in total. The first kappa shape index (κ1) is 30.9. The van der Waals surface area contributed by atoms with E-state index in [-0.39, 0.29) is 49.3 Å². The number of benzene rings is 2. The number of hydrogen-bond acceptors (Lipinski definition) is 6. The van der Waals surface area contributed by atoms with Crippen LogP contribution >= 0.6 is 0 Å². The van der Waals surface area contributed by atoms with Gasteiger partial charge in [0.1, 0.15) is 11.3 Å². The zero-order chi connectivity index (χ0) is 30.1. The fourth-order valence-corrected chi connectivity index (χ4v) is 4.56. The number of nitrogens with zero attached hydrogens (tertiary/aromatic N) is 1. The minimum atomic E-state index is -6.02. The molecule has 0 bridgehead atoms. The lowest BCUT2D eigenvalue weighted by Gasteiger charge is -2.33. The first-order valence-electron chi connectivity index (χ1n) is 12.3. The van der Waals surface area contributed by atoms with Crippen molar-refractivity contribution in [3.8, 4) is 17.2 Å². The molecule has 1 saturated heterocycles. The second-order valence-corrected chi connectivity index (χ2v) is 9.33. The molecule has 220 valence electrons. The van der Waals surface area contributed by atoms with E-state index in [0.717, 1.165) is 11.0 Å². The number of hydrogen-bond donors (Lipinski definition) is 4. The second-order valence-electron chi connectivity index (χ2n) is 9.33. The largest absolute Gasteiger partial charge is 0.504 e. The van der Waals surface area contributed by atoms with Gasteiger partial charge in [0, 0.05) is 12.1 Å². The van der Waals surface area contributed by atoms with Gasteiger partial charge in [0.2, 0.25) is 0 Å². The van der Waals surface area contributed by atoms with Crippen LogP contribution in [0.5, 0.6) is 17.2 Å². The number of halogens is 6. The highest BCUT2D eigenvalue weighted by Gasteiger charge is 2.71. The number of carbonyl (C=O) groups excluding carboxylic acids is 2. The van der Waals surface area contributed by atoms with Gasteiger partial charge in [0.05, 0.1) is 6.61 Å². The summed E-state index contributed by atoms with van der Waals surface area (Å²) in [5.41, 5.74) is -7.67. The number of ether oxygens (including phenoxy) is 1. The van der Waals surface area contributed by atoms with Gasteiger partial charge in [-0.15, -0.1) is 0 Å². The van der Waals surface area contributed by atoms with Gasteiger partial charge in [-0.05, 0) is 54.7 Å². The molecule has 1 heterocycles. The molecule has 1 aliphatic heterocycles. The third kappa shape index (κ3) is 5.36. The van der Waals surface area contributed by atoms with E-state index in [2.05, 4.69) is 5.32 Å². The quantitative estimate of drug-likeness (QED) is 0.137. The number of imide groups is 1. The number of urea groups is 1. The normalized spacial score (nSPS) is 18.3. The number of phenols is 2. The standard InChI is InChI=1S/C26H28F6N2O6/c1-3-6-15-13-17(24(39,25(27,28)29)26(30,31)32)8-10-20(15)40-12-5-11-34-21(37)23(4-2,33-22(34)38)16-7-9-18(35)19(36)14-16/h7-10,13-14,35-36,39H,3-6,11-12H2,1-2H3,(H,33,38). The van der Waals surface area contributed by atoms with E-state index in [1.807, 2.05) is 0 Å². The van der Waals surface area contributed by atoms with E-state index < -0.39 is 52.5 Å². The van der Waals surface area contributed by atoms with Crippen LogP contribution in [0.1, 0.15) is 49.8 Å². The molecule has 0 aromatic heterocycles. The van der Waals surface area contributed by atoms with Crippen LogP contribution in [0.15, 0.2) is 36.4 Å². The highest BCUT2D eigenvalue weighted by atomic mass is 19.4. The Kier molecular flexibility index (Phi) is 8.53. The highest BCUT2D eigenvalue weighted by molar-refractivity contribution is 6.07. The Bertz CT molecular complexity index is 1250. The number of rotatable bonds is 10. The smallest absolute Gasteiger partial charge is 0.430 e. The Hall–Kier alpha value is -3.68. The predicted octanol–water partition coefficient (Wildman–Crippen LogP) is 4.99. The lowest BCUT2D eigenvalue weighted by Crippen LogP contribution is -2.53. The van der Waals surface area contributed by atoms with Crippen molar-refractivity contribution >= 4 is 11.9 Å². The van der Waals surface area contributed by atoms with Gasteiger partial charge >= 0.3 is 18.4 Å². The Morgan fingerprint density at radius 2 is 1.60 bits per heavy atom. The van der Waals surface area contributed by atoms with Gasteiger partial charge < -0.3 is 25.4 Å². The fourth-order valence-electron chi connectivity index (χ4n) is 4.56. The summed E-state index contributed by atoms with van der Waals surface area (Å²) in [4.78, 5) is 26.8. The van der Waals surface area contributed by atoms with Gasteiger partial charge in [-0.1, -0.05) is 32.4 Å². The zero-order valence-electron chi connectivity index (χ0n) is 21.5. The molecule has 1 atom stereocenters. The molecular weight excluding hydrogens is 550 g/mol. The van der Waals surface area contributed by atoms with Crippen molar-refractivity contribution in [2.45, 2.75) is 63.0 Å². The number of aryl methyl sites for hydroxylation is 1. The van der Waals surface area contributed by atoms with Crippen molar-refractivity contribution in [3.05, 3.63) is 53.1 Å². The summed E-state index contributed by atoms with van der Waals surface area (Å²) in [5.74, 6) is -1.49. The van der Waals surface area contributed by atoms with Crippen LogP contribution < -0.4 is 10.1 Å². The molecule has 40 heavy (non-hydrogen) atoms. The van der Waals surface area contributed by atoms with Crippen molar-refractivity contribution in [2.75, 3.05) is 13.2 Å². The monoisotopic (exact) mass is 578 g/mol. The molecule has 0 aliphatic carbocycles. The lowest BCUT2D eigenvalue weighted by atomic mass is 9.87. The molecule has 1 unspecified atom stereocenters. The minimum absolute atomic E-state index is 0.00280. The number of carbonyl (C=O) groups is 2. The number of phenolic OH excluding ortho intramolecular Hbond substituents is 2. The molecule has 1 fully saturated rings. The summed E-state index contributed by atoms with van der Waals surface area (Å²) in [6.45, 7) is 3.03. The lowest BCUT2D eigenvalue weighted by molar-refractivity contribution is -0.376. The molecule has 3 rings (SSSR count). The minimum Gasteiger partial charge on any atom is -0.504 e. The first-order valence-corrected chi connectivity index (χ1v) is 12.3. The Balaban J connectivity index is 1.74. The van der Waals surface area contributed by atoms with Crippen molar-refractivity contribution < 1.29 is 56.0 Å². The van der Waals surface area contributed by atoms with Crippen molar-refractivity contribution in [1.82, 2.24) is 10.2 Å². The van der Waals surface area contributed by atoms with Crippen molar-refractivity contribution in [1.29, 1.82) is 0 Å². The first-order chi connectivity index (χ1) is 18.5. The highest BCUT2D eigenvalue weighted by Crippen LogP contribution is 2.50. The van der Waals surface area contributed by atoms with E-state index in [1.165, 1.54) is 18.2 Å². The van der Waals surface area contributed by atoms with Gasteiger partial charge in [-0.3, -0.25) is 9.69 Å². The molecule has 3 amide bonds. The number of aromatic hydroxyl groups is 2. The Morgan fingerprint density at radius 3 is 2.15 bits per heavy atom. The number of aliphatic hydroxyl groups is 1. The van der Waals surface area contributed by atoms with Crippen LogP contribution in [0, 0.1) is 0 Å². The summed E-state index contributed by atoms with van der Waals surface area (Å²) in [6, 6.07) is 5.04. The molecule has 0 radical (unpaired) electrons. The van der Waals surface area contributed by atoms with E-state index in [4.69, 9.17) is 4.74 Å². The maximum Gasteiger partial charge on any atom is 0.430 e. The molecule has 8 nitrogen and oxygen atoms in total. The predicted molar refractivity (Wildman–Crippen MR) is 129 cm³/mol. The summed E-state index contributed by atoms with van der Waals surface area (Å²) in [7, 11) is 0. The van der Waals surface area contributed by atoms with Crippen LogP contribution in [0.25, 0.3) is 0 Å². The molecule has 14 heteroatoms. The second kappa shape index (κ2) is 11.1. The molecule has 0 saturated carbocycles. The van der Waals surface area contributed by atoms with E-state index >= 15 is 0 Å². The van der Waals surface area contributed by atoms with Crippen LogP contribution in [0.4, 0.5) is 31.1 Å². The molecule has 2 aromatic rings. The average Bonchev–Trinajstić information content (AvgIpc) is 3.12. The SMILES string of the molecule is CCCc1cc(C(O)(C(F)(F)F)C(F)(F)F)ccc1OCCCN1C(=O)NC(CC)(c2ccc(O)c(O)c2)C1=O. The maximum absolute atomic E-state index is 13.3. The van der Waals surface area contributed by atoms with Crippen LogP contribution in [0.3, 0.4) is 0 Å². The number of alkyl halides is 6. The van der Waals surface area contributed by atoms with Crippen molar-refractivity contribution in [3.63, 3.8) is 0 Å². The number of nitrogens with one attached hydrogen (secondary N) is 1. The van der Waals surface area contributed by atoms with Crippen LogP contribution in [-0.4, -0.2) is 57.7 Å². The Morgan fingerprint density at radius 1 is 0.950 bits per heavy atom. The van der Waals surface area contributed by atoms with Gasteiger partial charge in [-0.25, -0.2) is 4.79 Å². The molecular formula is C26H28F6N2O6. The van der Waals surface area contributed by atoms with Crippen LogP contribution in [0.2, 0.25) is 0 Å². The van der Waals surface area contributed by atoms with Crippen LogP contribution in [-0.2, 0) is 22.4 Å². The van der Waals surface area contributed by atoms with E-state index in [0.29, 0.717) is 18.6 Å². The van der Waals surface area contributed by atoms with Gasteiger partial charge in [0.15, 0.2) is 11.5 Å². The topological polar surface area (TPSA) is 119 Å². The summed E-state index contributed by atoms with van der Waals surface area (Å²) >= 11 is 0. The summed E-state index contributed by atoms with van der Waals surface area (Å²) in [5, 5.41) is 31.7. The van der Waals surface area contributed by atoms with Gasteiger partial charge in [-0.2, -0.15) is 26.3 Å². The fraction of sp³-hybridized carbons (Fsp3) is 0.462. The third-order valence-corrected chi connectivity index (χ3v) is 6.78. The maximum atomic E-state index is 13.3. The number of amides is 3. The van der Waals surface area contributed by atoms with E-state index in [1.54, 1.807) is 13.8 Å². The summed E-state index contributed by atoms with van der Waals surface area (Å²) < 4.78 is 85.4. The summed E-state index contributed by atoms with van der Waals surface area (Å²) in [6.07, 6.45) is -11.4. The molecule has 2 aromatic carbocycles. The third-order valence-electron chi connectivity index (χ3n) is 6.78. The Labute approximate surface area is 225 Å². The van der Waals surface area contributed by atoms with Gasteiger partial charge in [0.25, 0.3) is 11.5 Å². The molecule has 1 aliphatic rings. The molecule has 0 spiro atoms.